The molecule has 0 bridgehead atoms. The topological polar surface area (TPSA) is 4.93 Å². The third-order valence-corrected chi connectivity index (χ3v) is 9.80. The first kappa shape index (κ1) is 23.5. The Morgan fingerprint density at radius 3 is 1.88 bits per heavy atom. The van der Waals surface area contributed by atoms with Gasteiger partial charge in [-0.05, 0) is 63.4 Å². The van der Waals surface area contributed by atoms with Crippen molar-refractivity contribution in [2.75, 3.05) is 0 Å². The summed E-state index contributed by atoms with van der Waals surface area (Å²) in [7, 11) is 0. The molecule has 9 rings (SSSR count). The molecule has 0 unspecified atom stereocenters. The van der Waals surface area contributed by atoms with Gasteiger partial charge in [0.25, 0.3) is 0 Å². The molecule has 0 spiro atoms. The van der Waals surface area contributed by atoms with Gasteiger partial charge >= 0.3 is 0 Å². The number of para-hydroxylation sites is 1. The minimum atomic E-state index is 1.19. The van der Waals surface area contributed by atoms with Crippen LogP contribution in [0.15, 0.2) is 152 Å². The Bertz CT molecular complexity index is 2430. The maximum atomic E-state index is 2.44. The Morgan fingerprint density at radius 2 is 1.05 bits per heavy atom. The van der Waals surface area contributed by atoms with Gasteiger partial charge in [-0.2, -0.15) is 0 Å². The largest absolute Gasteiger partial charge is 0.309 e. The molecule has 2 heterocycles. The fourth-order valence-corrected chi connectivity index (χ4v) is 7.96. The normalized spacial score (nSPS) is 11.8. The second kappa shape index (κ2) is 9.17. The average molecular weight is 552 g/mol. The van der Waals surface area contributed by atoms with Crippen molar-refractivity contribution in [1.82, 2.24) is 4.57 Å². The second-order valence-electron chi connectivity index (χ2n) is 10.9. The third kappa shape index (κ3) is 3.43. The molecule has 0 fully saturated rings. The van der Waals surface area contributed by atoms with Gasteiger partial charge in [0.1, 0.15) is 0 Å². The molecular formula is C40H25NS. The molecular weight excluding hydrogens is 527 g/mol. The number of nitrogens with zero attached hydrogens (tertiary/aromatic N) is 1. The SMILES string of the molecule is c1ccc(-c2ccc(-c3cccc4c3sc3ccc5c(c34)c3c4ccccc4ccc3n5-c3ccccc3)cc2)cc1. The van der Waals surface area contributed by atoms with Gasteiger partial charge in [-0.3, -0.25) is 0 Å². The van der Waals surface area contributed by atoms with E-state index in [4.69, 9.17) is 0 Å². The van der Waals surface area contributed by atoms with Gasteiger partial charge in [0.15, 0.2) is 0 Å². The lowest BCUT2D eigenvalue weighted by atomic mass is 9.97. The summed E-state index contributed by atoms with van der Waals surface area (Å²) >= 11 is 1.91. The highest BCUT2D eigenvalue weighted by molar-refractivity contribution is 7.26. The molecule has 42 heavy (non-hydrogen) atoms. The Balaban J connectivity index is 1.36. The molecule has 1 nitrogen and oxygen atoms in total. The van der Waals surface area contributed by atoms with Crippen LogP contribution in [0.5, 0.6) is 0 Å². The average Bonchev–Trinajstić information content (AvgIpc) is 3.61. The minimum Gasteiger partial charge on any atom is -0.309 e. The molecule has 0 aliphatic rings. The highest BCUT2D eigenvalue weighted by atomic mass is 32.1. The molecule has 2 aromatic heterocycles. The van der Waals surface area contributed by atoms with Gasteiger partial charge in [0, 0.05) is 36.6 Å². The van der Waals surface area contributed by atoms with Crippen molar-refractivity contribution in [3.63, 3.8) is 0 Å². The number of benzene rings is 7. The highest BCUT2D eigenvalue weighted by Gasteiger charge is 2.20. The number of thiophene rings is 1. The van der Waals surface area contributed by atoms with Crippen LogP contribution in [-0.2, 0) is 0 Å². The van der Waals surface area contributed by atoms with Crippen LogP contribution in [0, 0.1) is 0 Å². The number of hydrogen-bond donors (Lipinski definition) is 0. The van der Waals surface area contributed by atoms with Crippen molar-refractivity contribution in [1.29, 1.82) is 0 Å². The van der Waals surface area contributed by atoms with E-state index >= 15 is 0 Å². The van der Waals surface area contributed by atoms with E-state index in [0.29, 0.717) is 0 Å². The zero-order valence-corrected chi connectivity index (χ0v) is 23.6. The smallest absolute Gasteiger partial charge is 0.0548 e. The predicted molar refractivity (Wildman–Crippen MR) is 182 cm³/mol. The van der Waals surface area contributed by atoms with Crippen molar-refractivity contribution >= 4 is 64.1 Å². The highest BCUT2D eigenvalue weighted by Crippen LogP contribution is 2.47. The van der Waals surface area contributed by atoms with Crippen LogP contribution in [0.4, 0.5) is 0 Å². The molecule has 196 valence electrons. The first-order chi connectivity index (χ1) is 20.8. The Morgan fingerprint density at radius 1 is 0.405 bits per heavy atom. The molecule has 0 radical (unpaired) electrons. The summed E-state index contributed by atoms with van der Waals surface area (Å²) in [6.07, 6.45) is 0. The van der Waals surface area contributed by atoms with Crippen molar-refractivity contribution in [2.24, 2.45) is 0 Å². The fraction of sp³-hybridized carbons (Fsp3) is 0. The first-order valence-electron chi connectivity index (χ1n) is 14.4. The van der Waals surface area contributed by atoms with Crippen LogP contribution in [-0.4, -0.2) is 4.57 Å². The summed E-state index contributed by atoms with van der Waals surface area (Å²) in [6, 6.07) is 55.2. The summed E-state index contributed by atoms with van der Waals surface area (Å²) < 4.78 is 5.10. The first-order valence-corrected chi connectivity index (χ1v) is 15.2. The fourth-order valence-electron chi connectivity index (χ4n) is 6.71. The maximum Gasteiger partial charge on any atom is 0.0548 e. The zero-order chi connectivity index (χ0) is 27.6. The summed E-state index contributed by atoms with van der Waals surface area (Å²) in [5, 5.41) is 7.92. The third-order valence-electron chi connectivity index (χ3n) is 8.60. The summed E-state index contributed by atoms with van der Waals surface area (Å²) in [6.45, 7) is 0. The van der Waals surface area contributed by atoms with E-state index in [9.17, 15) is 0 Å². The van der Waals surface area contributed by atoms with Gasteiger partial charge in [0.05, 0.1) is 11.0 Å². The molecule has 9 aromatic rings. The molecule has 0 saturated carbocycles. The zero-order valence-electron chi connectivity index (χ0n) is 22.8. The van der Waals surface area contributed by atoms with E-state index in [1.807, 2.05) is 11.3 Å². The van der Waals surface area contributed by atoms with Gasteiger partial charge in [0.2, 0.25) is 0 Å². The monoisotopic (exact) mass is 551 g/mol. The van der Waals surface area contributed by atoms with Gasteiger partial charge < -0.3 is 4.57 Å². The minimum absolute atomic E-state index is 1.19. The molecule has 0 atom stereocenters. The van der Waals surface area contributed by atoms with E-state index in [2.05, 4.69) is 156 Å². The number of rotatable bonds is 3. The number of aromatic nitrogens is 1. The standard InChI is InChI=1S/C40H25NS/c1-3-10-26(11-4-1)27-18-20-29(21-19-27)32-16-9-17-33-38-36(42-40(32)33)25-24-35-39(38)37-31-15-8-7-12-28(31)22-23-34(37)41(35)30-13-5-2-6-14-30/h1-25H. The van der Waals surface area contributed by atoms with Crippen LogP contribution >= 0.6 is 11.3 Å². The van der Waals surface area contributed by atoms with Crippen molar-refractivity contribution in [3.8, 4) is 27.9 Å². The lowest BCUT2D eigenvalue weighted by Crippen LogP contribution is -1.92. The van der Waals surface area contributed by atoms with E-state index in [-0.39, 0.29) is 0 Å². The summed E-state index contributed by atoms with van der Waals surface area (Å²) in [5.74, 6) is 0. The summed E-state index contributed by atoms with van der Waals surface area (Å²) in [4.78, 5) is 0. The molecule has 0 amide bonds. The molecule has 0 N–H and O–H groups in total. The quantitative estimate of drug-likeness (QED) is 0.206. The van der Waals surface area contributed by atoms with Crippen LogP contribution in [0.3, 0.4) is 0 Å². The van der Waals surface area contributed by atoms with Crippen molar-refractivity contribution < 1.29 is 0 Å². The van der Waals surface area contributed by atoms with Crippen molar-refractivity contribution in [2.45, 2.75) is 0 Å². The van der Waals surface area contributed by atoms with E-state index < -0.39 is 0 Å². The van der Waals surface area contributed by atoms with E-state index in [1.165, 1.54) is 80.7 Å². The molecule has 0 saturated heterocycles. The van der Waals surface area contributed by atoms with Crippen LogP contribution < -0.4 is 0 Å². The Hall–Kier alpha value is -5.18. The lowest BCUT2D eigenvalue weighted by molar-refractivity contribution is 1.18. The number of hydrogen-bond acceptors (Lipinski definition) is 1. The maximum absolute atomic E-state index is 2.44. The van der Waals surface area contributed by atoms with Gasteiger partial charge in [-0.1, -0.05) is 121 Å². The lowest BCUT2D eigenvalue weighted by Gasteiger charge is -2.08. The number of fused-ring (bicyclic) bond motifs is 9. The second-order valence-corrected chi connectivity index (χ2v) is 12.0. The van der Waals surface area contributed by atoms with Gasteiger partial charge in [-0.25, -0.2) is 0 Å². The van der Waals surface area contributed by atoms with E-state index in [0.717, 1.165) is 0 Å². The predicted octanol–water partition coefficient (Wildman–Crippen LogP) is 11.6. The van der Waals surface area contributed by atoms with Crippen molar-refractivity contribution in [3.05, 3.63) is 152 Å². The van der Waals surface area contributed by atoms with Crippen LogP contribution in [0.1, 0.15) is 0 Å². The van der Waals surface area contributed by atoms with E-state index in [1.54, 1.807) is 0 Å². The Kier molecular flexibility index (Phi) is 5.13. The molecule has 2 heteroatoms. The molecule has 7 aromatic carbocycles. The molecule has 0 aliphatic carbocycles. The van der Waals surface area contributed by atoms with Crippen LogP contribution in [0.25, 0.3) is 80.7 Å². The van der Waals surface area contributed by atoms with Crippen LogP contribution in [0.2, 0.25) is 0 Å². The summed E-state index contributed by atoms with van der Waals surface area (Å²) in [5.41, 5.74) is 8.70. The Labute approximate surface area is 247 Å². The molecule has 0 aliphatic heterocycles. The van der Waals surface area contributed by atoms with Gasteiger partial charge in [-0.15, -0.1) is 11.3 Å².